The molecular formula is C38H41F7N8O5. The summed E-state index contributed by atoms with van der Waals surface area (Å²) in [5.41, 5.74) is 6.26. The fourth-order valence-electron chi connectivity index (χ4n) is 7.59. The van der Waals surface area contributed by atoms with Gasteiger partial charge < -0.3 is 20.3 Å². The molecule has 4 N–H and O–H groups in total. The molecule has 3 aromatic heterocycles. The zero-order valence-electron chi connectivity index (χ0n) is 32.0. The smallest absolute Gasteiger partial charge is 0.475 e. The number of likely N-dealkylation sites (tertiary alicyclic amines) is 1. The van der Waals surface area contributed by atoms with E-state index in [0.29, 0.717) is 17.9 Å². The van der Waals surface area contributed by atoms with Crippen molar-refractivity contribution >= 4 is 44.6 Å². The minimum absolute atomic E-state index is 0.0663. The van der Waals surface area contributed by atoms with Gasteiger partial charge in [-0.05, 0) is 108 Å². The van der Waals surface area contributed by atoms with Gasteiger partial charge in [-0.2, -0.15) is 41.8 Å². The number of nitrogens with zero attached hydrogens (tertiary/aromatic N) is 6. The quantitative estimate of drug-likeness (QED) is 0.124. The number of aromatic nitrogens is 5. The van der Waals surface area contributed by atoms with Gasteiger partial charge in [0.2, 0.25) is 5.88 Å². The molecule has 20 heteroatoms. The first-order valence-corrected chi connectivity index (χ1v) is 18.2. The Morgan fingerprint density at radius 2 is 1.66 bits per heavy atom. The molecule has 7 rings (SSSR count). The maximum absolute atomic E-state index is 17.2. The second kappa shape index (κ2) is 17.1. The van der Waals surface area contributed by atoms with Gasteiger partial charge in [0.25, 0.3) is 0 Å². The molecule has 0 radical (unpaired) electrons. The molecule has 0 spiro atoms. The molecule has 1 unspecified atom stereocenters. The number of carboxylic acid groups (broad SMARTS) is 2. The lowest BCUT2D eigenvalue weighted by molar-refractivity contribution is -0.193. The molecule has 5 aromatic rings. The Balaban J connectivity index is 0.000000393. The molecule has 2 aliphatic heterocycles. The highest BCUT2D eigenvalue weighted by molar-refractivity contribution is 6.09. The van der Waals surface area contributed by atoms with E-state index in [1.807, 2.05) is 31.6 Å². The highest BCUT2D eigenvalue weighted by Gasteiger charge is 2.39. The molecule has 0 aliphatic carbocycles. The molecule has 13 nitrogen and oxygen atoms in total. The summed E-state index contributed by atoms with van der Waals surface area (Å²) in [4.78, 5) is 25.1. The van der Waals surface area contributed by atoms with Crippen LogP contribution >= 0.6 is 0 Å². The SMILES string of the molecule is Cc1cc2[nH]ncc2c(-c2c(C)cc3c(nc(OC(C)[C@@H]4CCCN4C)c4cnn([C@H]5CCN[C@H](CC#N)C5)c43)c2F)c1C.O=C(O)C(F)(F)F.O=C(O)C(F)(F)F. The van der Waals surface area contributed by atoms with Gasteiger partial charge in [0.05, 0.1) is 47.3 Å². The Hall–Kier alpha value is -5.55. The number of H-pyrrole nitrogens is 1. The number of halogens is 7. The van der Waals surface area contributed by atoms with Gasteiger partial charge in [0.15, 0.2) is 5.82 Å². The van der Waals surface area contributed by atoms with Crippen molar-refractivity contribution in [1.82, 2.24) is 35.2 Å². The van der Waals surface area contributed by atoms with Crippen molar-refractivity contribution in [2.75, 3.05) is 20.1 Å². The third-order valence-corrected chi connectivity index (χ3v) is 10.5. The maximum atomic E-state index is 17.2. The summed E-state index contributed by atoms with van der Waals surface area (Å²) >= 11 is 0. The number of aryl methyl sites for hydroxylation is 2. The zero-order valence-corrected chi connectivity index (χ0v) is 32.0. The summed E-state index contributed by atoms with van der Waals surface area (Å²) in [5, 5.41) is 41.7. The van der Waals surface area contributed by atoms with Crippen LogP contribution in [0, 0.1) is 37.9 Å². The lowest BCUT2D eigenvalue weighted by Crippen LogP contribution is -2.38. The average Bonchev–Trinajstić information content (AvgIpc) is 3.91. The van der Waals surface area contributed by atoms with Crippen LogP contribution in [0.4, 0.5) is 30.7 Å². The number of benzene rings is 2. The van der Waals surface area contributed by atoms with Crippen LogP contribution in [-0.4, -0.2) is 103 Å². The number of carboxylic acids is 2. The second-order valence-corrected chi connectivity index (χ2v) is 14.4. The molecule has 58 heavy (non-hydrogen) atoms. The lowest BCUT2D eigenvalue weighted by atomic mass is 9.89. The first kappa shape index (κ1) is 43.6. The van der Waals surface area contributed by atoms with Crippen molar-refractivity contribution in [1.29, 1.82) is 5.26 Å². The van der Waals surface area contributed by atoms with Crippen LogP contribution in [0.3, 0.4) is 0 Å². The monoisotopic (exact) mass is 822 g/mol. The number of aromatic amines is 1. The van der Waals surface area contributed by atoms with E-state index in [4.69, 9.17) is 34.6 Å². The molecule has 2 saturated heterocycles. The van der Waals surface area contributed by atoms with Gasteiger partial charge in [-0.25, -0.2) is 19.0 Å². The van der Waals surface area contributed by atoms with Crippen molar-refractivity contribution < 1.29 is 55.3 Å². The van der Waals surface area contributed by atoms with Crippen LogP contribution in [-0.2, 0) is 9.59 Å². The Kier molecular flexibility index (Phi) is 12.9. The van der Waals surface area contributed by atoms with Gasteiger partial charge in [0, 0.05) is 28.4 Å². The van der Waals surface area contributed by atoms with Gasteiger partial charge in [-0.3, -0.25) is 14.7 Å². The summed E-state index contributed by atoms with van der Waals surface area (Å²) in [7, 11) is 2.13. The minimum atomic E-state index is -5.08. The van der Waals surface area contributed by atoms with Crippen LogP contribution in [0.1, 0.15) is 61.8 Å². The summed E-state index contributed by atoms with van der Waals surface area (Å²) in [6.07, 6.45) is -2.45. The number of piperidine rings is 1. The highest BCUT2D eigenvalue weighted by atomic mass is 19.4. The number of pyridine rings is 1. The van der Waals surface area contributed by atoms with Crippen molar-refractivity contribution in [2.24, 2.45) is 0 Å². The first-order valence-electron chi connectivity index (χ1n) is 18.2. The van der Waals surface area contributed by atoms with Crippen LogP contribution in [0.15, 0.2) is 24.5 Å². The number of carbonyl (C=O) groups is 2. The van der Waals surface area contributed by atoms with E-state index in [-0.39, 0.29) is 35.6 Å². The van der Waals surface area contributed by atoms with Crippen LogP contribution in [0.2, 0.25) is 0 Å². The normalized spacial score (nSPS) is 19.3. The molecule has 312 valence electrons. The number of likely N-dealkylation sites (N-methyl/N-ethyl adjacent to an activating group) is 1. The summed E-state index contributed by atoms with van der Waals surface area (Å²) in [6.45, 7) is 9.95. The van der Waals surface area contributed by atoms with E-state index >= 15 is 4.39 Å². The molecule has 4 atom stereocenters. The third kappa shape index (κ3) is 9.10. The standard InChI is InChI=1S/C34H39FN8O.2C2HF3O2/c1-18-14-27-25(16-38-41-27)30(20(18)3)29-19(2)13-24-32(31(29)35)40-34(44-21(4)28-7-6-12-42(28)5)26-17-39-43(33(24)26)23-9-11-37-22(15-23)8-10-36;2*3-2(4,5)1(6)7/h13-14,16-17,21-23,28,37H,6-9,11-12,15H2,1-5H3,(H,38,41);2*(H,6,7)/t21?,22-,23+,28+;;/m1../s1. The number of alkyl halides is 6. The van der Waals surface area contributed by atoms with Gasteiger partial charge in [0.1, 0.15) is 11.6 Å². The van der Waals surface area contributed by atoms with E-state index in [9.17, 15) is 31.6 Å². The fraction of sp³-hybridized carbons (Fsp3) is 0.474. The number of nitrogens with one attached hydrogen (secondary N) is 2. The topological polar surface area (TPSA) is 182 Å². The number of aliphatic carboxylic acids is 2. The fourth-order valence-corrected chi connectivity index (χ4v) is 7.59. The van der Waals surface area contributed by atoms with E-state index in [1.165, 1.54) is 0 Å². The third-order valence-electron chi connectivity index (χ3n) is 10.5. The molecule has 2 fully saturated rings. The first-order chi connectivity index (χ1) is 27.1. The molecule has 2 aromatic carbocycles. The Morgan fingerprint density at radius 3 is 2.24 bits per heavy atom. The number of ether oxygens (including phenoxy) is 1. The molecule has 0 bridgehead atoms. The molecule has 2 aliphatic rings. The molecule has 0 saturated carbocycles. The lowest BCUT2D eigenvalue weighted by Gasteiger charge is -2.30. The van der Waals surface area contributed by atoms with Crippen LogP contribution < -0.4 is 10.1 Å². The second-order valence-electron chi connectivity index (χ2n) is 14.4. The van der Waals surface area contributed by atoms with Gasteiger partial charge >= 0.3 is 24.3 Å². The predicted octanol–water partition coefficient (Wildman–Crippen LogP) is 7.53. The average molecular weight is 823 g/mol. The van der Waals surface area contributed by atoms with Gasteiger partial charge in [-0.15, -0.1) is 0 Å². The number of fused-ring (bicyclic) bond motifs is 4. The van der Waals surface area contributed by atoms with Crippen LogP contribution in [0.5, 0.6) is 5.88 Å². The molecule has 0 amide bonds. The van der Waals surface area contributed by atoms with E-state index < -0.39 is 24.3 Å². The Morgan fingerprint density at radius 1 is 1.00 bits per heavy atom. The van der Waals surface area contributed by atoms with E-state index in [2.05, 4.69) is 52.6 Å². The van der Waals surface area contributed by atoms with Crippen molar-refractivity contribution in [3.8, 4) is 23.1 Å². The van der Waals surface area contributed by atoms with Crippen LogP contribution in [0.25, 0.3) is 43.8 Å². The van der Waals surface area contributed by atoms with E-state index in [0.717, 1.165) is 88.2 Å². The Labute approximate surface area is 326 Å². The number of nitriles is 1. The van der Waals surface area contributed by atoms with Crippen molar-refractivity contribution in [3.63, 3.8) is 0 Å². The predicted molar refractivity (Wildman–Crippen MR) is 198 cm³/mol. The molecule has 5 heterocycles. The summed E-state index contributed by atoms with van der Waals surface area (Å²) in [6, 6.07) is 6.83. The number of rotatable bonds is 6. The molecular weight excluding hydrogens is 781 g/mol. The van der Waals surface area contributed by atoms with E-state index in [1.54, 1.807) is 6.20 Å². The number of hydrogen-bond acceptors (Lipinski definition) is 9. The number of hydrogen-bond donors (Lipinski definition) is 4. The van der Waals surface area contributed by atoms with Gasteiger partial charge in [-0.1, -0.05) is 0 Å². The highest BCUT2D eigenvalue weighted by Crippen LogP contribution is 2.43. The van der Waals surface area contributed by atoms with Crippen molar-refractivity contribution in [2.45, 2.75) is 96.4 Å². The minimum Gasteiger partial charge on any atom is -0.475 e. The Bertz CT molecular complexity index is 2350. The van der Waals surface area contributed by atoms with Crippen molar-refractivity contribution in [3.05, 3.63) is 47.0 Å². The maximum Gasteiger partial charge on any atom is 0.490 e. The largest absolute Gasteiger partial charge is 0.490 e. The summed E-state index contributed by atoms with van der Waals surface area (Å²) < 4.78 is 89.3. The summed E-state index contributed by atoms with van der Waals surface area (Å²) in [5.74, 6) is -5.47. The zero-order chi connectivity index (χ0) is 42.9.